The van der Waals surface area contributed by atoms with Crippen LogP contribution in [0.25, 0.3) is 0 Å². The average Bonchev–Trinajstić information content (AvgIpc) is 3.14. The lowest BCUT2D eigenvalue weighted by Crippen LogP contribution is -2.46. The van der Waals surface area contributed by atoms with Gasteiger partial charge < -0.3 is 4.74 Å². The number of rotatable bonds is 5. The molecule has 0 N–H and O–H groups in total. The summed E-state index contributed by atoms with van der Waals surface area (Å²) in [5, 5.41) is 6.08. The lowest BCUT2D eigenvalue weighted by Gasteiger charge is -2.35. The minimum Gasteiger partial charge on any atom is -0.469 e. The maximum Gasteiger partial charge on any atom is 0.307 e. The van der Waals surface area contributed by atoms with Crippen LogP contribution in [0.4, 0.5) is 0 Å². The summed E-state index contributed by atoms with van der Waals surface area (Å²) in [4.78, 5) is 26.4. The fourth-order valence-electron chi connectivity index (χ4n) is 3.50. The van der Waals surface area contributed by atoms with E-state index in [0.717, 1.165) is 43.5 Å². The van der Waals surface area contributed by atoms with Crippen LogP contribution in [-0.4, -0.2) is 60.3 Å². The third-order valence-electron chi connectivity index (χ3n) is 4.91. The predicted molar refractivity (Wildman–Crippen MR) is 95.2 cm³/mol. The molecule has 0 saturated carbocycles. The first-order valence-corrected chi connectivity index (χ1v) is 8.91. The zero-order chi connectivity index (χ0) is 17.6. The van der Waals surface area contributed by atoms with Crippen LogP contribution < -0.4 is 0 Å². The zero-order valence-corrected chi connectivity index (χ0v) is 14.7. The first-order chi connectivity index (χ1) is 12.2. The predicted octanol–water partition coefficient (Wildman–Crippen LogP) is 2.04. The van der Waals surface area contributed by atoms with Crippen LogP contribution in [0.2, 0.25) is 0 Å². The maximum atomic E-state index is 12.7. The van der Waals surface area contributed by atoms with Crippen LogP contribution in [0.15, 0.2) is 35.4 Å². The minimum atomic E-state index is -0.213. The summed E-state index contributed by atoms with van der Waals surface area (Å²) in [6, 6.07) is 10.1. The number of hydrazone groups is 1. The number of carbonyl (C=O) groups is 2. The molecular formula is C19H25N3O3. The highest BCUT2D eigenvalue weighted by Crippen LogP contribution is 2.21. The largest absolute Gasteiger partial charge is 0.469 e. The molecule has 3 rings (SSSR count). The standard InChI is InChI=1S/C19H25N3O3/c1-25-19(24)13-16-9-5-6-11-21(16)14-18(23)22-12-10-17(20-22)15-7-3-2-4-8-15/h2-4,7-8,16H,5-6,9-14H2,1H3. The highest BCUT2D eigenvalue weighted by atomic mass is 16.5. The molecule has 2 aliphatic rings. The van der Waals surface area contributed by atoms with Crippen molar-refractivity contribution in [3.63, 3.8) is 0 Å². The molecule has 1 atom stereocenters. The van der Waals surface area contributed by atoms with E-state index in [9.17, 15) is 9.59 Å². The summed E-state index contributed by atoms with van der Waals surface area (Å²) in [5.74, 6) is -0.211. The number of benzene rings is 1. The number of hydrogen-bond acceptors (Lipinski definition) is 5. The number of piperidine rings is 1. The van der Waals surface area contributed by atoms with Crippen LogP contribution in [0.1, 0.15) is 37.7 Å². The third kappa shape index (κ3) is 4.45. The van der Waals surface area contributed by atoms with E-state index in [1.807, 2.05) is 30.3 Å². The van der Waals surface area contributed by atoms with Crippen LogP contribution >= 0.6 is 0 Å². The van der Waals surface area contributed by atoms with Crippen molar-refractivity contribution in [1.82, 2.24) is 9.91 Å². The van der Waals surface area contributed by atoms with E-state index in [0.29, 0.717) is 19.5 Å². The number of amides is 1. The van der Waals surface area contributed by atoms with Gasteiger partial charge in [0.2, 0.25) is 0 Å². The molecule has 0 radical (unpaired) electrons. The van der Waals surface area contributed by atoms with Crippen molar-refractivity contribution in [2.75, 3.05) is 26.7 Å². The first-order valence-electron chi connectivity index (χ1n) is 8.91. The van der Waals surface area contributed by atoms with E-state index >= 15 is 0 Å². The Morgan fingerprint density at radius 3 is 2.76 bits per heavy atom. The van der Waals surface area contributed by atoms with Gasteiger partial charge in [0.15, 0.2) is 0 Å². The van der Waals surface area contributed by atoms with Gasteiger partial charge >= 0.3 is 5.97 Å². The molecule has 0 spiro atoms. The molecule has 1 saturated heterocycles. The summed E-state index contributed by atoms with van der Waals surface area (Å²) in [5.41, 5.74) is 2.03. The number of nitrogens with zero attached hydrogens (tertiary/aromatic N) is 3. The summed E-state index contributed by atoms with van der Waals surface area (Å²) < 4.78 is 4.79. The van der Waals surface area contributed by atoms with E-state index in [-0.39, 0.29) is 17.9 Å². The molecule has 6 nitrogen and oxygen atoms in total. The van der Waals surface area contributed by atoms with Crippen molar-refractivity contribution >= 4 is 17.6 Å². The van der Waals surface area contributed by atoms with Gasteiger partial charge in [0.25, 0.3) is 5.91 Å². The van der Waals surface area contributed by atoms with Crippen LogP contribution in [0.3, 0.4) is 0 Å². The topological polar surface area (TPSA) is 62.2 Å². The second kappa shape index (κ2) is 8.25. The van der Waals surface area contributed by atoms with E-state index in [4.69, 9.17) is 4.74 Å². The molecule has 0 aliphatic carbocycles. The average molecular weight is 343 g/mol. The lowest BCUT2D eigenvalue weighted by molar-refractivity contribution is -0.143. The Balaban J connectivity index is 1.61. The number of ether oxygens (including phenoxy) is 1. The SMILES string of the molecule is COC(=O)CC1CCCCN1CC(=O)N1CCC(c2ccccc2)=N1. The van der Waals surface area contributed by atoms with Crippen molar-refractivity contribution < 1.29 is 14.3 Å². The Morgan fingerprint density at radius 2 is 2.00 bits per heavy atom. The maximum absolute atomic E-state index is 12.7. The molecule has 1 amide bonds. The number of carbonyl (C=O) groups excluding carboxylic acids is 2. The summed E-state index contributed by atoms with van der Waals surface area (Å²) >= 11 is 0. The van der Waals surface area contributed by atoms with Crippen molar-refractivity contribution in [3.05, 3.63) is 35.9 Å². The third-order valence-corrected chi connectivity index (χ3v) is 4.91. The lowest BCUT2D eigenvalue weighted by atomic mass is 9.99. The Hall–Kier alpha value is -2.21. The van der Waals surface area contributed by atoms with Gasteiger partial charge in [0.05, 0.1) is 32.3 Å². The quantitative estimate of drug-likeness (QED) is 0.768. The van der Waals surface area contributed by atoms with Gasteiger partial charge in [-0.15, -0.1) is 0 Å². The fourth-order valence-corrected chi connectivity index (χ4v) is 3.50. The second-order valence-electron chi connectivity index (χ2n) is 6.58. The smallest absolute Gasteiger partial charge is 0.307 e. The van der Waals surface area contributed by atoms with E-state index in [1.54, 1.807) is 5.01 Å². The molecule has 1 aromatic rings. The van der Waals surface area contributed by atoms with E-state index in [2.05, 4.69) is 10.0 Å². The molecule has 1 unspecified atom stereocenters. The van der Waals surface area contributed by atoms with Gasteiger partial charge in [-0.25, -0.2) is 5.01 Å². The van der Waals surface area contributed by atoms with Crippen LogP contribution in [-0.2, 0) is 14.3 Å². The number of methoxy groups -OCH3 is 1. The first kappa shape index (κ1) is 17.6. The Labute approximate surface area is 148 Å². The molecule has 0 aromatic heterocycles. The monoisotopic (exact) mass is 343 g/mol. The molecule has 1 fully saturated rings. The molecule has 2 aliphatic heterocycles. The van der Waals surface area contributed by atoms with Crippen molar-refractivity contribution in [2.45, 2.75) is 38.1 Å². The van der Waals surface area contributed by atoms with Crippen LogP contribution in [0.5, 0.6) is 0 Å². The molecule has 25 heavy (non-hydrogen) atoms. The Kier molecular flexibility index (Phi) is 5.81. The second-order valence-corrected chi connectivity index (χ2v) is 6.58. The van der Waals surface area contributed by atoms with E-state index < -0.39 is 0 Å². The Bertz CT molecular complexity index is 645. The van der Waals surface area contributed by atoms with Gasteiger partial charge in [-0.1, -0.05) is 36.8 Å². The minimum absolute atomic E-state index is 0.00250. The molecule has 1 aromatic carbocycles. The van der Waals surface area contributed by atoms with Gasteiger partial charge in [0.1, 0.15) is 0 Å². The van der Waals surface area contributed by atoms with Gasteiger partial charge in [-0.05, 0) is 24.9 Å². The van der Waals surface area contributed by atoms with Crippen molar-refractivity contribution in [3.8, 4) is 0 Å². The fraction of sp³-hybridized carbons (Fsp3) is 0.526. The normalized spacial score (nSPS) is 21.1. The van der Waals surface area contributed by atoms with Gasteiger partial charge in [-0.2, -0.15) is 5.10 Å². The summed E-state index contributed by atoms with van der Waals surface area (Å²) in [7, 11) is 1.41. The zero-order valence-electron chi connectivity index (χ0n) is 14.7. The Morgan fingerprint density at radius 1 is 1.20 bits per heavy atom. The highest BCUT2D eigenvalue weighted by Gasteiger charge is 2.29. The number of esters is 1. The van der Waals surface area contributed by atoms with Crippen LogP contribution in [0, 0.1) is 0 Å². The molecule has 6 heteroatoms. The van der Waals surface area contributed by atoms with Crippen molar-refractivity contribution in [1.29, 1.82) is 0 Å². The number of likely N-dealkylation sites (tertiary alicyclic amines) is 1. The molecule has 134 valence electrons. The van der Waals surface area contributed by atoms with Gasteiger partial charge in [-0.3, -0.25) is 14.5 Å². The molecule has 0 bridgehead atoms. The summed E-state index contributed by atoms with van der Waals surface area (Å²) in [6.07, 6.45) is 4.21. The summed E-state index contributed by atoms with van der Waals surface area (Å²) in [6.45, 7) is 1.78. The molecular weight excluding hydrogens is 318 g/mol. The van der Waals surface area contributed by atoms with Crippen molar-refractivity contribution in [2.24, 2.45) is 5.10 Å². The highest BCUT2D eigenvalue weighted by molar-refractivity contribution is 6.02. The molecule has 2 heterocycles. The van der Waals surface area contributed by atoms with E-state index in [1.165, 1.54) is 7.11 Å². The number of hydrogen-bond donors (Lipinski definition) is 0. The van der Waals surface area contributed by atoms with Gasteiger partial charge in [0, 0.05) is 12.5 Å².